The lowest BCUT2D eigenvalue weighted by molar-refractivity contribution is -0.143. The number of urea groups is 1. The number of rotatable bonds is 3. The van der Waals surface area contributed by atoms with Crippen molar-refractivity contribution < 1.29 is 14.7 Å². The number of amides is 2. The molecule has 2 N–H and O–H groups in total. The summed E-state index contributed by atoms with van der Waals surface area (Å²) in [5.74, 6) is 0.332. The van der Waals surface area contributed by atoms with Gasteiger partial charge in [0.05, 0.1) is 0 Å². The first-order chi connectivity index (χ1) is 9.09. The Kier molecular flexibility index (Phi) is 4.66. The summed E-state index contributed by atoms with van der Waals surface area (Å²) in [6, 6.07) is -0.846. The zero-order chi connectivity index (χ0) is 13.8. The summed E-state index contributed by atoms with van der Waals surface area (Å²) >= 11 is 0. The van der Waals surface area contributed by atoms with E-state index in [9.17, 15) is 9.59 Å². The Balaban J connectivity index is 1.85. The number of nitrogens with zero attached hydrogens (tertiary/aromatic N) is 1. The Morgan fingerprint density at radius 3 is 2.63 bits per heavy atom. The molecule has 5 heteroatoms. The molecule has 2 aliphatic rings. The number of hydrogen-bond donors (Lipinski definition) is 2. The Morgan fingerprint density at radius 2 is 2.00 bits per heavy atom. The second kappa shape index (κ2) is 6.26. The van der Waals surface area contributed by atoms with Crippen molar-refractivity contribution in [3.63, 3.8) is 0 Å². The van der Waals surface area contributed by atoms with Crippen LogP contribution in [0.25, 0.3) is 0 Å². The van der Waals surface area contributed by atoms with E-state index in [1.807, 2.05) is 0 Å². The number of likely N-dealkylation sites (tertiary alicyclic amines) is 1. The SMILES string of the molecule is CC1CCCC1CNC(=O)N1CCCCC1C(=O)O. The molecule has 0 aromatic rings. The smallest absolute Gasteiger partial charge is 0.326 e. The van der Waals surface area contributed by atoms with Crippen LogP contribution >= 0.6 is 0 Å². The third-order valence-electron chi connectivity index (χ3n) is 4.60. The third-order valence-corrected chi connectivity index (χ3v) is 4.60. The minimum Gasteiger partial charge on any atom is -0.480 e. The van der Waals surface area contributed by atoms with Crippen molar-refractivity contribution in [3.8, 4) is 0 Å². The number of nitrogens with one attached hydrogen (secondary N) is 1. The summed E-state index contributed by atoms with van der Waals surface area (Å²) in [4.78, 5) is 24.8. The lowest BCUT2D eigenvalue weighted by Crippen LogP contribution is -2.52. The summed E-state index contributed by atoms with van der Waals surface area (Å²) in [7, 11) is 0. The highest BCUT2D eigenvalue weighted by Gasteiger charge is 2.32. The second-order valence-electron chi connectivity index (χ2n) is 5.90. The summed E-state index contributed by atoms with van der Waals surface area (Å²) in [5, 5.41) is 12.1. The fourth-order valence-electron chi connectivity index (χ4n) is 3.28. The van der Waals surface area contributed by atoms with E-state index < -0.39 is 12.0 Å². The zero-order valence-electron chi connectivity index (χ0n) is 11.6. The molecular weight excluding hydrogens is 244 g/mol. The van der Waals surface area contributed by atoms with Crippen molar-refractivity contribution in [2.45, 2.75) is 51.5 Å². The van der Waals surface area contributed by atoms with Crippen LogP contribution in [0.1, 0.15) is 45.4 Å². The monoisotopic (exact) mass is 268 g/mol. The van der Waals surface area contributed by atoms with E-state index in [0.29, 0.717) is 31.3 Å². The van der Waals surface area contributed by atoms with Crippen LogP contribution < -0.4 is 5.32 Å². The molecule has 3 unspecified atom stereocenters. The summed E-state index contributed by atoms with van der Waals surface area (Å²) in [5.41, 5.74) is 0. The van der Waals surface area contributed by atoms with Crippen LogP contribution in [0, 0.1) is 11.8 Å². The van der Waals surface area contributed by atoms with Gasteiger partial charge in [0.2, 0.25) is 0 Å². The highest BCUT2D eigenvalue weighted by Crippen LogP contribution is 2.30. The molecule has 2 amide bonds. The fraction of sp³-hybridized carbons (Fsp3) is 0.857. The largest absolute Gasteiger partial charge is 0.480 e. The topological polar surface area (TPSA) is 69.6 Å². The van der Waals surface area contributed by atoms with E-state index in [-0.39, 0.29) is 6.03 Å². The van der Waals surface area contributed by atoms with Gasteiger partial charge in [-0.15, -0.1) is 0 Å². The van der Waals surface area contributed by atoms with Crippen molar-refractivity contribution in [1.82, 2.24) is 10.2 Å². The minimum atomic E-state index is -0.885. The summed E-state index contributed by atoms with van der Waals surface area (Å²) < 4.78 is 0. The second-order valence-corrected chi connectivity index (χ2v) is 5.90. The molecule has 0 radical (unpaired) electrons. The van der Waals surface area contributed by atoms with E-state index in [4.69, 9.17) is 5.11 Å². The van der Waals surface area contributed by atoms with E-state index in [0.717, 1.165) is 12.8 Å². The predicted molar refractivity (Wildman–Crippen MR) is 71.9 cm³/mol. The molecule has 19 heavy (non-hydrogen) atoms. The van der Waals surface area contributed by atoms with Gasteiger partial charge in [-0.3, -0.25) is 0 Å². The first kappa shape index (κ1) is 14.2. The molecule has 3 atom stereocenters. The van der Waals surface area contributed by atoms with Crippen LogP contribution in [0.3, 0.4) is 0 Å². The maximum Gasteiger partial charge on any atom is 0.326 e. The van der Waals surface area contributed by atoms with Gasteiger partial charge in [-0.05, 0) is 37.5 Å². The fourth-order valence-corrected chi connectivity index (χ4v) is 3.28. The first-order valence-corrected chi connectivity index (χ1v) is 7.37. The van der Waals surface area contributed by atoms with E-state index >= 15 is 0 Å². The summed E-state index contributed by atoms with van der Waals surface area (Å²) in [6.07, 6.45) is 6.01. The molecule has 1 saturated carbocycles. The number of carbonyl (C=O) groups is 2. The Labute approximate surface area is 114 Å². The standard InChI is InChI=1S/C14H24N2O3/c1-10-5-4-6-11(10)9-15-14(19)16-8-3-2-7-12(16)13(17)18/h10-12H,2-9H2,1H3,(H,15,19)(H,17,18). The highest BCUT2D eigenvalue weighted by atomic mass is 16.4. The average Bonchev–Trinajstić information content (AvgIpc) is 2.81. The van der Waals surface area contributed by atoms with Crippen LogP contribution in [0.2, 0.25) is 0 Å². The average molecular weight is 268 g/mol. The number of carboxylic acid groups (broad SMARTS) is 1. The lowest BCUT2D eigenvalue weighted by atomic mass is 9.98. The molecule has 5 nitrogen and oxygen atoms in total. The van der Waals surface area contributed by atoms with Gasteiger partial charge in [-0.1, -0.05) is 19.8 Å². The molecule has 0 aromatic heterocycles. The molecule has 1 aliphatic carbocycles. The van der Waals surface area contributed by atoms with Gasteiger partial charge >= 0.3 is 12.0 Å². The van der Waals surface area contributed by atoms with Gasteiger partial charge in [0.1, 0.15) is 6.04 Å². The van der Waals surface area contributed by atoms with Crippen molar-refractivity contribution in [2.75, 3.05) is 13.1 Å². The molecule has 1 heterocycles. The van der Waals surface area contributed by atoms with Gasteiger partial charge in [0.25, 0.3) is 0 Å². The van der Waals surface area contributed by atoms with Gasteiger partial charge in [0, 0.05) is 13.1 Å². The highest BCUT2D eigenvalue weighted by molar-refractivity contribution is 5.82. The van der Waals surface area contributed by atoms with Crippen LogP contribution in [-0.4, -0.2) is 41.1 Å². The van der Waals surface area contributed by atoms with Gasteiger partial charge in [-0.2, -0.15) is 0 Å². The molecule has 2 fully saturated rings. The molecule has 1 aliphatic heterocycles. The van der Waals surface area contributed by atoms with Gasteiger partial charge < -0.3 is 15.3 Å². The molecule has 108 valence electrons. The Morgan fingerprint density at radius 1 is 1.21 bits per heavy atom. The van der Waals surface area contributed by atoms with Gasteiger partial charge in [-0.25, -0.2) is 9.59 Å². The predicted octanol–water partition coefficient (Wildman–Crippen LogP) is 2.07. The minimum absolute atomic E-state index is 0.203. The zero-order valence-corrected chi connectivity index (χ0v) is 11.6. The molecule has 1 saturated heterocycles. The quantitative estimate of drug-likeness (QED) is 0.823. The lowest BCUT2D eigenvalue weighted by Gasteiger charge is -2.33. The number of piperidine rings is 1. The summed E-state index contributed by atoms with van der Waals surface area (Å²) in [6.45, 7) is 3.47. The van der Waals surface area contributed by atoms with Crippen LogP contribution in [0.4, 0.5) is 4.79 Å². The van der Waals surface area contributed by atoms with Crippen molar-refractivity contribution in [2.24, 2.45) is 11.8 Å². The molecule has 0 aromatic carbocycles. The van der Waals surface area contributed by atoms with Crippen molar-refractivity contribution in [3.05, 3.63) is 0 Å². The number of aliphatic carboxylic acids is 1. The number of hydrogen-bond acceptors (Lipinski definition) is 2. The number of carbonyl (C=O) groups excluding carboxylic acids is 1. The molecular formula is C14H24N2O3. The normalized spacial score (nSPS) is 31.2. The third kappa shape index (κ3) is 3.39. The van der Waals surface area contributed by atoms with E-state index in [2.05, 4.69) is 12.2 Å². The van der Waals surface area contributed by atoms with Crippen molar-refractivity contribution in [1.29, 1.82) is 0 Å². The van der Waals surface area contributed by atoms with Gasteiger partial charge in [0.15, 0.2) is 0 Å². The molecule has 0 bridgehead atoms. The van der Waals surface area contributed by atoms with E-state index in [1.165, 1.54) is 24.2 Å². The first-order valence-electron chi connectivity index (χ1n) is 7.37. The van der Waals surface area contributed by atoms with Crippen LogP contribution in [0.15, 0.2) is 0 Å². The Bertz CT molecular complexity index is 346. The maximum absolute atomic E-state index is 12.1. The van der Waals surface area contributed by atoms with Crippen molar-refractivity contribution >= 4 is 12.0 Å². The maximum atomic E-state index is 12.1. The Hall–Kier alpha value is -1.26. The van der Waals surface area contributed by atoms with Crippen LogP contribution in [0.5, 0.6) is 0 Å². The molecule has 0 spiro atoms. The van der Waals surface area contributed by atoms with Crippen LogP contribution in [-0.2, 0) is 4.79 Å². The molecule has 2 rings (SSSR count). The number of carboxylic acids is 1. The van der Waals surface area contributed by atoms with E-state index in [1.54, 1.807) is 0 Å².